The summed E-state index contributed by atoms with van der Waals surface area (Å²) < 4.78 is 0. The smallest absolute Gasteiger partial charge is 0.0696 e. The number of aliphatic hydroxyl groups excluding tert-OH is 1. The van der Waals surface area contributed by atoms with Gasteiger partial charge >= 0.3 is 0 Å². The first-order chi connectivity index (χ1) is 7.68. The molecule has 0 spiro atoms. The van der Waals surface area contributed by atoms with Gasteiger partial charge in [-0.2, -0.15) is 0 Å². The quantitative estimate of drug-likeness (QED) is 0.612. The fourth-order valence-corrected chi connectivity index (χ4v) is 3.06. The lowest BCUT2D eigenvalue weighted by atomic mass is 9.78. The van der Waals surface area contributed by atoms with Crippen LogP contribution >= 0.6 is 0 Å². The summed E-state index contributed by atoms with van der Waals surface area (Å²) in [6.45, 7) is 0.981. The molecule has 2 rings (SSSR count). The Morgan fingerprint density at radius 2 is 1.81 bits per heavy atom. The first-order valence-electron chi connectivity index (χ1n) is 6.25. The van der Waals surface area contributed by atoms with Crippen LogP contribution in [0, 0.1) is 11.1 Å². The molecule has 3 N–H and O–H groups in total. The summed E-state index contributed by atoms with van der Waals surface area (Å²) in [4.78, 5) is 0. The third kappa shape index (κ3) is 2.73. The van der Waals surface area contributed by atoms with Gasteiger partial charge in [0.1, 0.15) is 0 Å². The fourth-order valence-electron chi connectivity index (χ4n) is 3.06. The molecule has 2 unspecified atom stereocenters. The van der Waals surface area contributed by atoms with Gasteiger partial charge in [0.05, 0.1) is 6.10 Å². The summed E-state index contributed by atoms with van der Waals surface area (Å²) in [7, 11) is 0. The number of nitrogens with one attached hydrogen (secondary N) is 1. The zero-order valence-corrected chi connectivity index (χ0v) is 9.51. The van der Waals surface area contributed by atoms with Crippen LogP contribution in [0.3, 0.4) is 0 Å². The average Bonchev–Trinajstić information content (AvgIpc) is 2.30. The van der Waals surface area contributed by atoms with Crippen molar-refractivity contribution in [1.29, 1.82) is 0 Å². The fraction of sp³-hybridized carbons (Fsp3) is 1.00. The van der Waals surface area contributed by atoms with E-state index in [0.29, 0.717) is 5.92 Å². The number of hydrogen-bond acceptors (Lipinski definition) is 5. The molecule has 1 aliphatic carbocycles. The molecular formula is C11H21N2O3-. The molecule has 16 heavy (non-hydrogen) atoms. The highest BCUT2D eigenvalue weighted by Crippen LogP contribution is 2.31. The molecule has 0 aromatic rings. The second-order valence-corrected chi connectivity index (χ2v) is 5.06. The highest BCUT2D eigenvalue weighted by molar-refractivity contribution is 4.90. The molecule has 5 heteroatoms. The zero-order valence-electron chi connectivity index (χ0n) is 9.51. The van der Waals surface area contributed by atoms with Crippen molar-refractivity contribution >= 4 is 0 Å². The van der Waals surface area contributed by atoms with Crippen molar-refractivity contribution in [2.75, 3.05) is 6.54 Å². The normalized spacial score (nSPS) is 41.2. The van der Waals surface area contributed by atoms with Crippen LogP contribution in [0.1, 0.15) is 38.5 Å². The third-order valence-corrected chi connectivity index (χ3v) is 4.03. The van der Waals surface area contributed by atoms with Crippen LogP contribution in [0.4, 0.5) is 0 Å². The maximum absolute atomic E-state index is 10.8. The molecule has 0 bridgehead atoms. The first-order valence-corrected chi connectivity index (χ1v) is 6.25. The molecule has 2 atom stereocenters. The maximum atomic E-state index is 10.8. The SMILES string of the molecule is [O-]N(O)C1CCC(C2NCCCC2O)CC1. The van der Waals surface area contributed by atoms with E-state index in [1.54, 1.807) is 0 Å². The minimum Gasteiger partial charge on any atom is -0.762 e. The summed E-state index contributed by atoms with van der Waals surface area (Å²) in [5.41, 5.74) is 0. The van der Waals surface area contributed by atoms with Crippen LogP contribution in [0.5, 0.6) is 0 Å². The van der Waals surface area contributed by atoms with Crippen LogP contribution in [0.2, 0.25) is 0 Å². The lowest BCUT2D eigenvalue weighted by Gasteiger charge is -2.41. The monoisotopic (exact) mass is 229 g/mol. The Bertz CT molecular complexity index is 217. The Labute approximate surface area is 96.0 Å². The Morgan fingerprint density at radius 3 is 2.38 bits per heavy atom. The summed E-state index contributed by atoms with van der Waals surface area (Å²) in [5.74, 6) is 0.450. The van der Waals surface area contributed by atoms with Crippen molar-refractivity contribution in [3.63, 3.8) is 0 Å². The molecule has 2 fully saturated rings. The molecule has 0 radical (unpaired) electrons. The number of hydroxylamine groups is 2. The van der Waals surface area contributed by atoms with Crippen molar-refractivity contribution in [3.8, 4) is 0 Å². The molecule has 2 aliphatic rings. The van der Waals surface area contributed by atoms with Crippen LogP contribution < -0.4 is 5.32 Å². The van der Waals surface area contributed by atoms with Crippen molar-refractivity contribution in [2.45, 2.75) is 56.7 Å². The number of hydrogen-bond donors (Lipinski definition) is 3. The molecule has 5 nitrogen and oxygen atoms in total. The summed E-state index contributed by atoms with van der Waals surface area (Å²) in [6.07, 6.45) is 4.97. The summed E-state index contributed by atoms with van der Waals surface area (Å²) in [6, 6.07) is -0.0505. The molecule has 0 aromatic carbocycles. The Hall–Kier alpha value is -0.200. The van der Waals surface area contributed by atoms with Gasteiger partial charge in [-0.3, -0.25) is 5.23 Å². The van der Waals surface area contributed by atoms with Crippen LogP contribution in [0.15, 0.2) is 0 Å². The lowest BCUT2D eigenvalue weighted by Crippen LogP contribution is -2.51. The zero-order chi connectivity index (χ0) is 11.5. The van der Waals surface area contributed by atoms with Gasteiger partial charge in [-0.15, -0.1) is 0 Å². The largest absolute Gasteiger partial charge is 0.762 e. The molecular weight excluding hydrogens is 208 g/mol. The van der Waals surface area contributed by atoms with Crippen molar-refractivity contribution < 1.29 is 10.3 Å². The van der Waals surface area contributed by atoms with E-state index in [0.717, 1.165) is 45.1 Å². The number of rotatable bonds is 2. The second-order valence-electron chi connectivity index (χ2n) is 5.06. The van der Waals surface area contributed by atoms with Gasteiger partial charge in [0.15, 0.2) is 0 Å². The van der Waals surface area contributed by atoms with Gasteiger partial charge in [0.2, 0.25) is 0 Å². The van der Waals surface area contributed by atoms with E-state index in [1.165, 1.54) is 0 Å². The van der Waals surface area contributed by atoms with Gasteiger partial charge in [0.25, 0.3) is 0 Å². The topological polar surface area (TPSA) is 78.8 Å². The van der Waals surface area contributed by atoms with Crippen LogP contribution in [0.25, 0.3) is 0 Å². The van der Waals surface area contributed by atoms with Gasteiger partial charge in [-0.05, 0) is 51.0 Å². The molecule has 94 valence electrons. The van der Waals surface area contributed by atoms with E-state index in [4.69, 9.17) is 5.21 Å². The Morgan fingerprint density at radius 1 is 1.12 bits per heavy atom. The van der Waals surface area contributed by atoms with E-state index in [2.05, 4.69) is 5.32 Å². The summed E-state index contributed by atoms with van der Waals surface area (Å²) >= 11 is 0. The molecule has 1 saturated heterocycles. The molecule has 1 heterocycles. The number of piperidine rings is 1. The first kappa shape index (κ1) is 12.3. The Kier molecular flexibility index (Phi) is 4.16. The van der Waals surface area contributed by atoms with Gasteiger partial charge in [-0.25, -0.2) is 0 Å². The maximum Gasteiger partial charge on any atom is 0.0696 e. The predicted molar refractivity (Wildman–Crippen MR) is 59.8 cm³/mol. The van der Waals surface area contributed by atoms with E-state index >= 15 is 0 Å². The van der Waals surface area contributed by atoms with E-state index in [1.807, 2.05) is 0 Å². The Balaban J connectivity index is 1.83. The van der Waals surface area contributed by atoms with E-state index < -0.39 is 0 Å². The van der Waals surface area contributed by atoms with Gasteiger partial charge in [-0.1, -0.05) is 0 Å². The van der Waals surface area contributed by atoms with Crippen LogP contribution in [-0.2, 0) is 0 Å². The van der Waals surface area contributed by atoms with Crippen molar-refractivity contribution in [3.05, 3.63) is 5.21 Å². The highest BCUT2D eigenvalue weighted by Gasteiger charge is 2.33. The molecule has 0 aromatic heterocycles. The van der Waals surface area contributed by atoms with Crippen LogP contribution in [-0.4, -0.2) is 40.3 Å². The standard InChI is InChI=1S/C11H21N2O3/c14-10-2-1-7-12-11(10)8-3-5-9(6-4-8)13(15)16/h8-12,14-15H,1-7H2/q-1. The lowest BCUT2D eigenvalue weighted by molar-refractivity contribution is -0.0946. The molecule has 1 aliphatic heterocycles. The van der Waals surface area contributed by atoms with Crippen molar-refractivity contribution in [2.24, 2.45) is 5.92 Å². The minimum atomic E-state index is -0.243. The van der Waals surface area contributed by atoms with Gasteiger partial charge in [0, 0.05) is 12.1 Å². The van der Waals surface area contributed by atoms with E-state index in [-0.39, 0.29) is 23.4 Å². The van der Waals surface area contributed by atoms with E-state index in [9.17, 15) is 10.3 Å². The highest BCUT2D eigenvalue weighted by atomic mass is 16.8. The number of nitrogens with zero attached hydrogens (tertiary/aromatic N) is 1. The second kappa shape index (κ2) is 5.42. The number of aliphatic hydroxyl groups is 1. The van der Waals surface area contributed by atoms with Gasteiger partial charge < -0.3 is 20.8 Å². The molecule has 0 amide bonds. The summed E-state index contributed by atoms with van der Waals surface area (Å²) in [5, 5.41) is 33.0. The minimum absolute atomic E-state index is 0.0982. The molecule has 1 saturated carbocycles. The van der Waals surface area contributed by atoms with Crippen molar-refractivity contribution in [1.82, 2.24) is 10.5 Å². The predicted octanol–water partition coefficient (Wildman–Crippen LogP) is 0.847. The third-order valence-electron chi connectivity index (χ3n) is 4.03. The average molecular weight is 229 g/mol.